The minimum Gasteiger partial charge on any atom is -0.335 e. The maximum absolute atomic E-state index is 12.7. The van der Waals surface area contributed by atoms with E-state index in [2.05, 4.69) is 4.98 Å². The van der Waals surface area contributed by atoms with E-state index in [4.69, 9.17) is 11.6 Å². The predicted octanol–water partition coefficient (Wildman–Crippen LogP) is 4.19. The second-order valence-corrected chi connectivity index (χ2v) is 5.90. The largest absolute Gasteiger partial charge is 0.335 e. The van der Waals surface area contributed by atoms with E-state index in [0.717, 1.165) is 11.3 Å². The molecule has 4 nitrogen and oxygen atoms in total. The molecular formula is C19H18ClN3O. The van der Waals surface area contributed by atoms with Crippen LogP contribution in [0.4, 0.5) is 0 Å². The number of rotatable bonds is 5. The molecule has 3 rings (SSSR count). The van der Waals surface area contributed by atoms with Gasteiger partial charge in [-0.05, 0) is 48.9 Å². The molecule has 2 aromatic carbocycles. The molecule has 0 saturated carbocycles. The highest BCUT2D eigenvalue weighted by Gasteiger charge is 2.14. The van der Waals surface area contributed by atoms with E-state index in [9.17, 15) is 4.79 Å². The normalized spacial score (nSPS) is 10.6. The minimum absolute atomic E-state index is 0.00894. The van der Waals surface area contributed by atoms with Crippen molar-refractivity contribution in [3.63, 3.8) is 0 Å². The zero-order valence-corrected chi connectivity index (χ0v) is 14.1. The molecule has 3 aromatic rings. The molecule has 24 heavy (non-hydrogen) atoms. The number of amides is 1. The summed E-state index contributed by atoms with van der Waals surface area (Å²) in [6, 6.07) is 15.1. The van der Waals surface area contributed by atoms with Gasteiger partial charge in [0.15, 0.2) is 0 Å². The average molecular weight is 340 g/mol. The van der Waals surface area contributed by atoms with Gasteiger partial charge in [-0.15, -0.1) is 0 Å². The lowest BCUT2D eigenvalue weighted by Gasteiger charge is -2.21. The van der Waals surface area contributed by atoms with Crippen LogP contribution in [0.15, 0.2) is 67.3 Å². The fourth-order valence-corrected chi connectivity index (χ4v) is 2.77. The molecule has 0 spiro atoms. The molecule has 0 unspecified atom stereocenters. The SMILES string of the molecule is CCN(Cc1cccc(Cl)c1)C(=O)c1ccc(-n2ccnc2)cc1. The maximum Gasteiger partial charge on any atom is 0.254 e. The smallest absolute Gasteiger partial charge is 0.254 e. The number of halogens is 1. The van der Waals surface area contributed by atoms with Crippen LogP contribution in [0.5, 0.6) is 0 Å². The number of hydrogen-bond acceptors (Lipinski definition) is 2. The van der Waals surface area contributed by atoms with Crippen molar-refractivity contribution in [1.29, 1.82) is 0 Å². The van der Waals surface area contributed by atoms with Crippen LogP contribution in [-0.2, 0) is 6.54 Å². The molecule has 0 aliphatic rings. The zero-order valence-electron chi connectivity index (χ0n) is 13.4. The zero-order chi connectivity index (χ0) is 16.9. The quantitative estimate of drug-likeness (QED) is 0.699. The molecule has 0 aliphatic carbocycles. The number of hydrogen-bond donors (Lipinski definition) is 0. The molecule has 0 atom stereocenters. The Hall–Kier alpha value is -2.59. The van der Waals surface area contributed by atoms with Gasteiger partial charge >= 0.3 is 0 Å². The van der Waals surface area contributed by atoms with E-state index in [-0.39, 0.29) is 5.91 Å². The van der Waals surface area contributed by atoms with Gasteiger partial charge in [-0.25, -0.2) is 4.98 Å². The second kappa shape index (κ2) is 7.32. The topological polar surface area (TPSA) is 38.1 Å². The van der Waals surface area contributed by atoms with Gasteiger partial charge in [0.1, 0.15) is 0 Å². The third kappa shape index (κ3) is 3.66. The van der Waals surface area contributed by atoms with Crippen LogP contribution in [-0.4, -0.2) is 26.9 Å². The Morgan fingerprint density at radius 2 is 2.00 bits per heavy atom. The Morgan fingerprint density at radius 1 is 1.21 bits per heavy atom. The summed E-state index contributed by atoms with van der Waals surface area (Å²) in [7, 11) is 0. The summed E-state index contributed by atoms with van der Waals surface area (Å²) in [4.78, 5) is 18.6. The van der Waals surface area contributed by atoms with Crippen molar-refractivity contribution < 1.29 is 4.79 Å². The summed E-state index contributed by atoms with van der Waals surface area (Å²) in [6.45, 7) is 3.15. The highest BCUT2D eigenvalue weighted by Crippen LogP contribution is 2.16. The molecule has 0 aliphatic heterocycles. The standard InChI is InChI=1S/C19H18ClN3O/c1-2-22(13-15-4-3-5-17(20)12-15)19(24)16-6-8-18(9-7-16)23-11-10-21-14-23/h3-12,14H,2,13H2,1H3. The van der Waals surface area contributed by atoms with Crippen LogP contribution in [0, 0.1) is 0 Å². The number of nitrogens with zero attached hydrogens (tertiary/aromatic N) is 3. The fourth-order valence-electron chi connectivity index (χ4n) is 2.55. The number of benzene rings is 2. The highest BCUT2D eigenvalue weighted by atomic mass is 35.5. The van der Waals surface area contributed by atoms with Crippen LogP contribution in [0.3, 0.4) is 0 Å². The van der Waals surface area contributed by atoms with E-state index < -0.39 is 0 Å². The Kier molecular flexibility index (Phi) is 4.96. The Labute approximate surface area is 146 Å². The van der Waals surface area contributed by atoms with Gasteiger partial charge in [-0.3, -0.25) is 4.79 Å². The lowest BCUT2D eigenvalue weighted by atomic mass is 10.1. The first-order valence-electron chi connectivity index (χ1n) is 7.79. The van der Waals surface area contributed by atoms with Crippen molar-refractivity contribution in [2.45, 2.75) is 13.5 Å². The van der Waals surface area contributed by atoms with Gasteiger partial charge in [0.2, 0.25) is 0 Å². The molecule has 0 radical (unpaired) electrons. The first-order valence-corrected chi connectivity index (χ1v) is 8.17. The summed E-state index contributed by atoms with van der Waals surface area (Å²) in [5, 5.41) is 0.681. The number of aromatic nitrogens is 2. The number of imidazole rings is 1. The molecule has 122 valence electrons. The van der Waals surface area contributed by atoms with Crippen LogP contribution in [0.1, 0.15) is 22.8 Å². The summed E-state index contributed by atoms with van der Waals surface area (Å²) in [6.07, 6.45) is 5.32. The van der Waals surface area contributed by atoms with Crippen LogP contribution >= 0.6 is 11.6 Å². The Morgan fingerprint density at radius 3 is 2.62 bits per heavy atom. The van der Waals surface area contributed by atoms with Gasteiger partial charge in [-0.1, -0.05) is 23.7 Å². The summed E-state index contributed by atoms with van der Waals surface area (Å²) < 4.78 is 1.90. The van der Waals surface area contributed by atoms with Crippen molar-refractivity contribution in [1.82, 2.24) is 14.5 Å². The molecule has 1 heterocycles. The molecular weight excluding hydrogens is 322 g/mol. The first-order chi connectivity index (χ1) is 11.7. The van der Waals surface area contributed by atoms with Gasteiger partial charge in [-0.2, -0.15) is 0 Å². The second-order valence-electron chi connectivity index (χ2n) is 5.47. The molecule has 0 bridgehead atoms. The molecule has 0 N–H and O–H groups in total. The molecule has 0 saturated heterocycles. The van der Waals surface area contributed by atoms with Gasteiger partial charge in [0.05, 0.1) is 6.33 Å². The van der Waals surface area contributed by atoms with Crippen LogP contribution < -0.4 is 0 Å². The van der Waals surface area contributed by atoms with Crippen molar-refractivity contribution in [3.8, 4) is 5.69 Å². The van der Waals surface area contributed by atoms with Gasteiger partial charge < -0.3 is 9.47 Å². The first kappa shape index (κ1) is 16.3. The predicted molar refractivity (Wildman–Crippen MR) is 95.4 cm³/mol. The van der Waals surface area contributed by atoms with Crippen molar-refractivity contribution >= 4 is 17.5 Å². The maximum atomic E-state index is 12.7. The highest BCUT2D eigenvalue weighted by molar-refractivity contribution is 6.30. The van der Waals surface area contributed by atoms with Crippen LogP contribution in [0.25, 0.3) is 5.69 Å². The van der Waals surface area contributed by atoms with Crippen LogP contribution in [0.2, 0.25) is 5.02 Å². The molecule has 0 fully saturated rings. The van der Waals surface area contributed by atoms with Gasteiger partial charge in [0, 0.05) is 41.8 Å². The third-order valence-electron chi connectivity index (χ3n) is 3.85. The summed E-state index contributed by atoms with van der Waals surface area (Å²) in [5.41, 5.74) is 2.66. The van der Waals surface area contributed by atoms with E-state index in [1.807, 2.05) is 66.2 Å². The fraction of sp³-hybridized carbons (Fsp3) is 0.158. The van der Waals surface area contributed by atoms with Crippen molar-refractivity contribution in [3.05, 3.63) is 83.4 Å². The van der Waals surface area contributed by atoms with E-state index >= 15 is 0 Å². The number of carbonyl (C=O) groups is 1. The van der Waals surface area contributed by atoms with Gasteiger partial charge in [0.25, 0.3) is 5.91 Å². The number of carbonyl (C=O) groups excluding carboxylic acids is 1. The summed E-state index contributed by atoms with van der Waals surface area (Å²) in [5.74, 6) is 0.00894. The van der Waals surface area contributed by atoms with Crippen molar-refractivity contribution in [2.24, 2.45) is 0 Å². The van der Waals surface area contributed by atoms with E-state index in [0.29, 0.717) is 23.7 Å². The molecule has 1 amide bonds. The monoisotopic (exact) mass is 339 g/mol. The van der Waals surface area contributed by atoms with Crippen molar-refractivity contribution in [2.75, 3.05) is 6.54 Å². The Bertz CT molecular complexity index is 813. The lowest BCUT2D eigenvalue weighted by Crippen LogP contribution is -2.30. The molecule has 1 aromatic heterocycles. The van der Waals surface area contributed by atoms with E-state index in [1.54, 1.807) is 17.4 Å². The van der Waals surface area contributed by atoms with E-state index in [1.165, 1.54) is 0 Å². The summed E-state index contributed by atoms with van der Waals surface area (Å²) >= 11 is 6.02. The Balaban J connectivity index is 1.76. The minimum atomic E-state index is 0.00894. The lowest BCUT2D eigenvalue weighted by molar-refractivity contribution is 0.0752. The molecule has 5 heteroatoms. The average Bonchev–Trinajstić information content (AvgIpc) is 3.14. The third-order valence-corrected chi connectivity index (χ3v) is 4.08.